The number of carbonyl (C=O) groups is 1. The normalized spacial score (nSPS) is 10.3. The third kappa shape index (κ3) is 3.37. The number of rotatable bonds is 4. The van der Waals surface area contributed by atoms with Crippen LogP contribution in [0.1, 0.15) is 16.1 Å². The van der Waals surface area contributed by atoms with E-state index in [0.29, 0.717) is 16.4 Å². The van der Waals surface area contributed by atoms with E-state index in [1.165, 1.54) is 11.3 Å². The summed E-state index contributed by atoms with van der Waals surface area (Å²) in [6.45, 7) is 1.93. The maximum absolute atomic E-state index is 12.2. The summed E-state index contributed by atoms with van der Waals surface area (Å²) < 4.78 is 5.08. The minimum absolute atomic E-state index is 0.198. The molecule has 0 bridgehead atoms. The number of ether oxygens (including phenoxy) is 1. The molecule has 6 heteroatoms. The van der Waals surface area contributed by atoms with E-state index in [1.54, 1.807) is 37.6 Å². The Balaban J connectivity index is 1.76. The Kier molecular flexibility index (Phi) is 4.34. The van der Waals surface area contributed by atoms with Crippen LogP contribution in [0.25, 0.3) is 11.3 Å². The number of anilines is 1. The summed E-state index contributed by atoms with van der Waals surface area (Å²) >= 11 is 1.39. The fourth-order valence-corrected chi connectivity index (χ4v) is 2.83. The van der Waals surface area contributed by atoms with Crippen molar-refractivity contribution in [2.24, 2.45) is 0 Å². The fourth-order valence-electron chi connectivity index (χ4n) is 2.12. The molecule has 0 aliphatic heterocycles. The SMILES string of the molecule is COc1ccc(C(=O)Nc2nc(-c3cccnc3C)cs2)cc1. The Bertz CT molecular complexity index is 828. The highest BCUT2D eigenvalue weighted by atomic mass is 32.1. The number of hydrogen-bond acceptors (Lipinski definition) is 5. The van der Waals surface area contributed by atoms with Crippen LogP contribution in [0, 0.1) is 6.92 Å². The molecule has 0 spiro atoms. The van der Waals surface area contributed by atoms with Gasteiger partial charge in [-0.2, -0.15) is 0 Å². The Hall–Kier alpha value is -2.73. The summed E-state index contributed by atoms with van der Waals surface area (Å²) in [4.78, 5) is 20.9. The van der Waals surface area contributed by atoms with Gasteiger partial charge in [0.25, 0.3) is 5.91 Å². The number of methoxy groups -OCH3 is 1. The molecule has 3 rings (SSSR count). The van der Waals surface area contributed by atoms with Gasteiger partial charge in [-0.3, -0.25) is 15.1 Å². The first-order valence-electron chi connectivity index (χ1n) is 7.00. The standard InChI is InChI=1S/C17H15N3O2S/c1-11-14(4-3-9-18-11)15-10-23-17(19-15)20-16(21)12-5-7-13(22-2)8-6-12/h3-10H,1-2H3,(H,19,20,21). The maximum Gasteiger partial charge on any atom is 0.257 e. The molecule has 3 aromatic rings. The van der Waals surface area contributed by atoms with Crippen molar-refractivity contribution in [3.8, 4) is 17.0 Å². The topological polar surface area (TPSA) is 64.1 Å². The van der Waals surface area contributed by atoms with Crippen molar-refractivity contribution in [2.45, 2.75) is 6.92 Å². The molecule has 0 radical (unpaired) electrons. The molecule has 1 amide bonds. The van der Waals surface area contributed by atoms with Gasteiger partial charge >= 0.3 is 0 Å². The number of carbonyl (C=O) groups excluding carboxylic acids is 1. The highest BCUT2D eigenvalue weighted by Crippen LogP contribution is 2.26. The van der Waals surface area contributed by atoms with Crippen molar-refractivity contribution in [3.05, 3.63) is 59.2 Å². The Labute approximate surface area is 138 Å². The van der Waals surface area contributed by atoms with Gasteiger partial charge in [0.1, 0.15) is 5.75 Å². The van der Waals surface area contributed by atoms with Crippen LogP contribution in [-0.4, -0.2) is 23.0 Å². The van der Waals surface area contributed by atoms with Crippen molar-refractivity contribution < 1.29 is 9.53 Å². The first-order valence-corrected chi connectivity index (χ1v) is 7.88. The molecule has 0 saturated heterocycles. The van der Waals surface area contributed by atoms with Crippen LogP contribution in [0.3, 0.4) is 0 Å². The zero-order valence-electron chi connectivity index (χ0n) is 12.7. The second-order valence-electron chi connectivity index (χ2n) is 4.86. The second-order valence-corrected chi connectivity index (χ2v) is 5.71. The van der Waals surface area contributed by atoms with Crippen LogP contribution in [0.4, 0.5) is 5.13 Å². The zero-order chi connectivity index (χ0) is 16.2. The lowest BCUT2D eigenvalue weighted by Crippen LogP contribution is -2.11. The first kappa shape index (κ1) is 15.2. The van der Waals surface area contributed by atoms with Gasteiger partial charge in [-0.05, 0) is 43.3 Å². The highest BCUT2D eigenvalue weighted by molar-refractivity contribution is 7.14. The van der Waals surface area contributed by atoms with Crippen molar-refractivity contribution in [1.82, 2.24) is 9.97 Å². The third-order valence-electron chi connectivity index (χ3n) is 3.36. The lowest BCUT2D eigenvalue weighted by Gasteiger charge is -2.03. The molecular weight excluding hydrogens is 310 g/mol. The summed E-state index contributed by atoms with van der Waals surface area (Å²) in [6, 6.07) is 10.8. The molecule has 0 aliphatic carbocycles. The number of aromatic nitrogens is 2. The molecule has 2 aromatic heterocycles. The molecule has 116 valence electrons. The van der Waals surface area contributed by atoms with Gasteiger partial charge in [-0.15, -0.1) is 11.3 Å². The van der Waals surface area contributed by atoms with Gasteiger partial charge in [0.15, 0.2) is 5.13 Å². The van der Waals surface area contributed by atoms with E-state index in [2.05, 4.69) is 15.3 Å². The predicted octanol–water partition coefficient (Wildman–Crippen LogP) is 3.77. The molecule has 0 atom stereocenters. The van der Waals surface area contributed by atoms with Crippen LogP contribution < -0.4 is 10.1 Å². The minimum atomic E-state index is -0.198. The monoisotopic (exact) mass is 325 g/mol. The summed E-state index contributed by atoms with van der Waals surface area (Å²) in [5, 5.41) is 5.28. The van der Waals surface area contributed by atoms with Crippen molar-refractivity contribution >= 4 is 22.4 Å². The quantitative estimate of drug-likeness (QED) is 0.793. The van der Waals surface area contributed by atoms with E-state index in [1.807, 2.05) is 24.4 Å². The molecular formula is C17H15N3O2S. The minimum Gasteiger partial charge on any atom is -0.497 e. The molecule has 2 heterocycles. The number of nitrogens with one attached hydrogen (secondary N) is 1. The highest BCUT2D eigenvalue weighted by Gasteiger charge is 2.11. The molecule has 0 aliphatic rings. The van der Waals surface area contributed by atoms with E-state index in [-0.39, 0.29) is 5.91 Å². The molecule has 1 aromatic carbocycles. The number of aryl methyl sites for hydroxylation is 1. The van der Waals surface area contributed by atoms with Gasteiger partial charge in [0.05, 0.1) is 12.8 Å². The van der Waals surface area contributed by atoms with Crippen molar-refractivity contribution in [3.63, 3.8) is 0 Å². The largest absolute Gasteiger partial charge is 0.497 e. The number of amides is 1. The fraction of sp³-hybridized carbons (Fsp3) is 0.118. The predicted molar refractivity (Wildman–Crippen MR) is 91.0 cm³/mol. The second kappa shape index (κ2) is 6.58. The third-order valence-corrected chi connectivity index (χ3v) is 4.12. The summed E-state index contributed by atoms with van der Waals surface area (Å²) in [6.07, 6.45) is 1.75. The first-order chi connectivity index (χ1) is 11.2. The van der Waals surface area contributed by atoms with Gasteiger partial charge in [0.2, 0.25) is 0 Å². The van der Waals surface area contributed by atoms with Crippen LogP contribution >= 0.6 is 11.3 Å². The van der Waals surface area contributed by atoms with E-state index in [9.17, 15) is 4.79 Å². The lowest BCUT2D eigenvalue weighted by atomic mass is 10.1. The number of thiazole rings is 1. The van der Waals surface area contributed by atoms with Crippen molar-refractivity contribution in [2.75, 3.05) is 12.4 Å². The van der Waals surface area contributed by atoms with Crippen LogP contribution in [0.15, 0.2) is 48.0 Å². The molecule has 1 N–H and O–H groups in total. The van der Waals surface area contributed by atoms with Gasteiger partial charge in [-0.1, -0.05) is 0 Å². The van der Waals surface area contributed by atoms with Gasteiger partial charge < -0.3 is 4.74 Å². The molecule has 5 nitrogen and oxygen atoms in total. The Morgan fingerprint density at radius 1 is 1.22 bits per heavy atom. The van der Waals surface area contributed by atoms with Gasteiger partial charge in [0, 0.05) is 28.4 Å². The molecule has 23 heavy (non-hydrogen) atoms. The average molecular weight is 325 g/mol. The maximum atomic E-state index is 12.2. The lowest BCUT2D eigenvalue weighted by molar-refractivity contribution is 0.102. The van der Waals surface area contributed by atoms with Crippen molar-refractivity contribution in [1.29, 1.82) is 0 Å². The van der Waals surface area contributed by atoms with Crippen LogP contribution in [-0.2, 0) is 0 Å². The molecule has 0 saturated carbocycles. The summed E-state index contributed by atoms with van der Waals surface area (Å²) in [7, 11) is 1.59. The Morgan fingerprint density at radius 2 is 2.00 bits per heavy atom. The van der Waals surface area contributed by atoms with E-state index in [4.69, 9.17) is 4.74 Å². The number of nitrogens with zero attached hydrogens (tertiary/aromatic N) is 2. The zero-order valence-corrected chi connectivity index (χ0v) is 13.6. The molecule has 0 unspecified atom stereocenters. The Morgan fingerprint density at radius 3 is 2.70 bits per heavy atom. The van der Waals surface area contributed by atoms with Gasteiger partial charge in [-0.25, -0.2) is 4.98 Å². The number of hydrogen-bond donors (Lipinski definition) is 1. The average Bonchev–Trinajstić information content (AvgIpc) is 3.03. The number of benzene rings is 1. The van der Waals surface area contributed by atoms with Crippen LogP contribution in [0.5, 0.6) is 5.75 Å². The van der Waals surface area contributed by atoms with Crippen LogP contribution in [0.2, 0.25) is 0 Å². The van der Waals surface area contributed by atoms with E-state index >= 15 is 0 Å². The smallest absolute Gasteiger partial charge is 0.257 e. The van der Waals surface area contributed by atoms with E-state index in [0.717, 1.165) is 17.0 Å². The van der Waals surface area contributed by atoms with E-state index < -0.39 is 0 Å². The number of pyridine rings is 1. The molecule has 0 fully saturated rings. The summed E-state index contributed by atoms with van der Waals surface area (Å²) in [5.74, 6) is 0.515. The summed E-state index contributed by atoms with van der Waals surface area (Å²) in [5.41, 5.74) is 3.24.